The molecule has 8 heteroatoms. The number of nitrogens with one attached hydrogen (secondary N) is 2. The zero-order valence-corrected chi connectivity index (χ0v) is 12.5. The Labute approximate surface area is 122 Å². The van der Waals surface area contributed by atoms with Crippen LogP contribution >= 0.6 is 0 Å². The molecule has 2 aromatic rings. The van der Waals surface area contributed by atoms with E-state index in [4.69, 9.17) is 4.74 Å². The molecule has 0 aliphatic rings. The maximum Gasteiger partial charge on any atom is 0.263 e. The van der Waals surface area contributed by atoms with Crippen LogP contribution in [0.25, 0.3) is 0 Å². The van der Waals surface area contributed by atoms with Crippen molar-refractivity contribution in [3.05, 3.63) is 35.8 Å². The Hall–Kier alpha value is -2.09. The smallest absolute Gasteiger partial charge is 0.263 e. The van der Waals surface area contributed by atoms with Gasteiger partial charge in [-0.2, -0.15) is 5.10 Å². The fourth-order valence-corrected chi connectivity index (χ4v) is 2.83. The lowest BCUT2D eigenvalue weighted by Crippen LogP contribution is -2.13. The van der Waals surface area contributed by atoms with Gasteiger partial charge in [-0.1, -0.05) is 13.3 Å². The molecule has 6 nitrogen and oxygen atoms in total. The summed E-state index contributed by atoms with van der Waals surface area (Å²) in [6, 6.07) is 5.04. The van der Waals surface area contributed by atoms with Gasteiger partial charge in [-0.25, -0.2) is 12.8 Å². The van der Waals surface area contributed by atoms with Crippen LogP contribution in [0.1, 0.15) is 19.0 Å². The number of rotatable bonds is 6. The summed E-state index contributed by atoms with van der Waals surface area (Å²) in [6.07, 6.45) is 1.68. The molecule has 2 rings (SSSR count). The van der Waals surface area contributed by atoms with E-state index in [1.165, 1.54) is 19.2 Å². The Kier molecular flexibility index (Phi) is 4.46. The molecule has 0 aliphatic carbocycles. The third-order valence-corrected chi connectivity index (χ3v) is 4.18. The van der Waals surface area contributed by atoms with Crippen LogP contribution in [0.3, 0.4) is 0 Å². The Morgan fingerprint density at radius 2 is 2.14 bits per heavy atom. The summed E-state index contributed by atoms with van der Waals surface area (Å²) in [5.41, 5.74) is 0.830. The van der Waals surface area contributed by atoms with E-state index in [0.29, 0.717) is 0 Å². The predicted molar refractivity (Wildman–Crippen MR) is 76.3 cm³/mol. The average molecular weight is 313 g/mol. The molecule has 21 heavy (non-hydrogen) atoms. The first-order valence-corrected chi connectivity index (χ1v) is 7.85. The topological polar surface area (TPSA) is 84.1 Å². The number of anilines is 1. The van der Waals surface area contributed by atoms with Crippen LogP contribution in [0, 0.1) is 5.82 Å². The molecule has 0 fully saturated rings. The van der Waals surface area contributed by atoms with Crippen molar-refractivity contribution in [2.45, 2.75) is 24.7 Å². The molecule has 114 valence electrons. The molecule has 1 aromatic heterocycles. The number of aromatic amines is 1. The molecule has 0 saturated carbocycles. The lowest BCUT2D eigenvalue weighted by Gasteiger charge is -2.07. The number of methoxy groups -OCH3 is 1. The molecule has 1 heterocycles. The molecule has 0 saturated heterocycles. The minimum absolute atomic E-state index is 0.0149. The van der Waals surface area contributed by atoms with E-state index in [1.807, 2.05) is 6.92 Å². The molecule has 0 amide bonds. The maximum atomic E-state index is 13.6. The molecule has 0 spiro atoms. The second-order valence-electron chi connectivity index (χ2n) is 4.43. The summed E-state index contributed by atoms with van der Waals surface area (Å²) in [6.45, 7) is 2.00. The van der Waals surface area contributed by atoms with Gasteiger partial charge < -0.3 is 4.74 Å². The highest BCUT2D eigenvalue weighted by Gasteiger charge is 2.18. The number of H-pyrrole nitrogens is 1. The van der Waals surface area contributed by atoms with Crippen LogP contribution < -0.4 is 9.46 Å². The fraction of sp³-hybridized carbons (Fsp3) is 0.308. The highest BCUT2D eigenvalue weighted by molar-refractivity contribution is 7.92. The van der Waals surface area contributed by atoms with Crippen molar-refractivity contribution in [1.82, 2.24) is 10.2 Å². The summed E-state index contributed by atoms with van der Waals surface area (Å²) >= 11 is 0. The van der Waals surface area contributed by atoms with E-state index in [0.717, 1.165) is 24.6 Å². The molecule has 0 aliphatic heterocycles. The zero-order valence-electron chi connectivity index (χ0n) is 11.7. The van der Waals surface area contributed by atoms with E-state index < -0.39 is 15.8 Å². The van der Waals surface area contributed by atoms with Crippen LogP contribution in [0.2, 0.25) is 0 Å². The molecular formula is C13H16FN3O3S. The number of hydrogen-bond acceptors (Lipinski definition) is 4. The molecular weight excluding hydrogens is 297 g/mol. The first kappa shape index (κ1) is 15.3. The first-order valence-electron chi connectivity index (χ1n) is 6.37. The summed E-state index contributed by atoms with van der Waals surface area (Å²) in [5, 5.41) is 6.61. The molecule has 1 aromatic carbocycles. The molecule has 0 atom stereocenters. The third kappa shape index (κ3) is 3.52. The van der Waals surface area contributed by atoms with Gasteiger partial charge in [0.1, 0.15) is 0 Å². The predicted octanol–water partition coefficient (Wildman–Crippen LogP) is 2.31. The van der Waals surface area contributed by atoms with Gasteiger partial charge >= 0.3 is 0 Å². The van der Waals surface area contributed by atoms with Crippen molar-refractivity contribution in [3.63, 3.8) is 0 Å². The normalized spacial score (nSPS) is 11.4. The number of nitrogens with zero attached hydrogens (tertiary/aromatic N) is 1. The van der Waals surface area contributed by atoms with Gasteiger partial charge in [0.15, 0.2) is 17.4 Å². The Balaban J connectivity index is 2.23. The number of ether oxygens (including phenoxy) is 1. The van der Waals surface area contributed by atoms with Gasteiger partial charge in [0.25, 0.3) is 10.0 Å². The van der Waals surface area contributed by atoms with E-state index in [2.05, 4.69) is 14.9 Å². The Morgan fingerprint density at radius 3 is 2.76 bits per heavy atom. The Bertz CT molecular complexity index is 728. The van der Waals surface area contributed by atoms with Gasteiger partial charge in [-0.05, 0) is 24.6 Å². The van der Waals surface area contributed by atoms with Crippen molar-refractivity contribution in [2.24, 2.45) is 0 Å². The minimum atomic E-state index is -3.89. The van der Waals surface area contributed by atoms with Crippen molar-refractivity contribution >= 4 is 15.8 Å². The molecule has 0 radical (unpaired) electrons. The third-order valence-electron chi connectivity index (χ3n) is 2.82. The van der Waals surface area contributed by atoms with Crippen molar-refractivity contribution in [1.29, 1.82) is 0 Å². The molecule has 0 bridgehead atoms. The van der Waals surface area contributed by atoms with Crippen LogP contribution in [0.5, 0.6) is 5.75 Å². The average Bonchev–Trinajstić information content (AvgIpc) is 2.85. The minimum Gasteiger partial charge on any atom is -0.494 e. The molecule has 2 N–H and O–H groups in total. The Morgan fingerprint density at radius 1 is 1.38 bits per heavy atom. The fourth-order valence-electron chi connectivity index (χ4n) is 1.82. The van der Waals surface area contributed by atoms with Crippen molar-refractivity contribution < 1.29 is 17.5 Å². The van der Waals surface area contributed by atoms with Crippen LogP contribution in [0.4, 0.5) is 10.2 Å². The van der Waals surface area contributed by atoms with Crippen LogP contribution in [-0.4, -0.2) is 25.7 Å². The van der Waals surface area contributed by atoms with E-state index in [9.17, 15) is 12.8 Å². The maximum absolute atomic E-state index is 13.6. The van der Waals surface area contributed by atoms with Crippen LogP contribution in [0.15, 0.2) is 29.2 Å². The molecule has 0 unspecified atom stereocenters. The highest BCUT2D eigenvalue weighted by atomic mass is 32.2. The monoisotopic (exact) mass is 313 g/mol. The number of hydrogen-bond donors (Lipinski definition) is 2. The zero-order chi connectivity index (χ0) is 15.5. The highest BCUT2D eigenvalue weighted by Crippen LogP contribution is 2.22. The van der Waals surface area contributed by atoms with Gasteiger partial charge in [0, 0.05) is 11.8 Å². The van der Waals surface area contributed by atoms with Gasteiger partial charge in [-0.3, -0.25) is 9.82 Å². The SMILES string of the molecule is CCCc1cc(NS(=O)(=O)c2ccc(OC)c(F)c2)n[nH]1. The van der Waals surface area contributed by atoms with Gasteiger partial charge in [-0.15, -0.1) is 0 Å². The summed E-state index contributed by atoms with van der Waals surface area (Å²) in [4.78, 5) is -0.194. The number of benzene rings is 1. The van der Waals surface area contributed by atoms with E-state index in [-0.39, 0.29) is 16.5 Å². The second-order valence-corrected chi connectivity index (χ2v) is 6.11. The lowest BCUT2D eigenvalue weighted by atomic mass is 10.2. The quantitative estimate of drug-likeness (QED) is 0.857. The summed E-state index contributed by atoms with van der Waals surface area (Å²) in [5.74, 6) is -0.581. The van der Waals surface area contributed by atoms with Gasteiger partial charge in [0.2, 0.25) is 0 Å². The number of sulfonamides is 1. The summed E-state index contributed by atoms with van der Waals surface area (Å²) in [7, 11) is -2.58. The number of aromatic nitrogens is 2. The van der Waals surface area contributed by atoms with Crippen molar-refractivity contribution in [2.75, 3.05) is 11.8 Å². The standard InChI is InChI=1S/C13H16FN3O3S/c1-3-4-9-7-13(16-15-9)17-21(18,19)10-5-6-12(20-2)11(14)8-10/h5-8H,3-4H2,1-2H3,(H2,15,16,17). The lowest BCUT2D eigenvalue weighted by molar-refractivity contribution is 0.385. The number of aryl methyl sites for hydroxylation is 1. The van der Waals surface area contributed by atoms with Crippen molar-refractivity contribution in [3.8, 4) is 5.75 Å². The van der Waals surface area contributed by atoms with Gasteiger partial charge in [0.05, 0.1) is 12.0 Å². The van der Waals surface area contributed by atoms with E-state index in [1.54, 1.807) is 6.07 Å². The van der Waals surface area contributed by atoms with Crippen LogP contribution in [-0.2, 0) is 16.4 Å². The summed E-state index contributed by atoms with van der Waals surface area (Å²) < 4.78 is 44.9. The largest absolute Gasteiger partial charge is 0.494 e. The first-order chi connectivity index (χ1) is 9.96. The second kappa shape index (κ2) is 6.13. The van der Waals surface area contributed by atoms with E-state index >= 15 is 0 Å². The number of halogens is 1.